The second kappa shape index (κ2) is 4.48. The Kier molecular flexibility index (Phi) is 3.15. The number of aryl methyl sites for hydroxylation is 1. The zero-order chi connectivity index (χ0) is 13.3. The Bertz CT molecular complexity index is 584. The van der Waals surface area contributed by atoms with E-state index in [1.54, 1.807) is 6.07 Å². The van der Waals surface area contributed by atoms with Crippen molar-refractivity contribution in [2.24, 2.45) is 0 Å². The molecule has 5 heteroatoms. The summed E-state index contributed by atoms with van der Waals surface area (Å²) in [5.74, 6) is 0. The van der Waals surface area contributed by atoms with Gasteiger partial charge in [0.25, 0.3) is 0 Å². The number of hydrogen-bond donors (Lipinski definition) is 0. The summed E-state index contributed by atoms with van der Waals surface area (Å²) in [6.45, 7) is 2.52. The predicted molar refractivity (Wildman–Crippen MR) is 62.4 cm³/mol. The molecule has 2 nitrogen and oxygen atoms in total. The molecule has 0 aliphatic carbocycles. The fourth-order valence-corrected chi connectivity index (χ4v) is 2.13. The van der Waals surface area contributed by atoms with Crippen molar-refractivity contribution >= 4 is 17.2 Å². The largest absolute Gasteiger partial charge is 0.416 e. The molecule has 0 bridgehead atoms. The van der Waals surface area contributed by atoms with Gasteiger partial charge in [0, 0.05) is 29.6 Å². The molecule has 0 atom stereocenters. The van der Waals surface area contributed by atoms with Gasteiger partial charge in [-0.3, -0.25) is 0 Å². The maximum absolute atomic E-state index is 12.6. The molecule has 0 N–H and O–H groups in total. The molecule has 0 fully saturated rings. The SMILES string of the molecule is CCn1c(CC=O)cc2cc(C(F)(F)F)ccc21. The van der Waals surface area contributed by atoms with E-state index in [0.717, 1.165) is 29.6 Å². The average Bonchev–Trinajstić information content (AvgIpc) is 2.64. The maximum atomic E-state index is 12.6. The number of alkyl halides is 3. The minimum Gasteiger partial charge on any atom is -0.344 e. The fourth-order valence-electron chi connectivity index (χ4n) is 2.13. The van der Waals surface area contributed by atoms with E-state index in [1.165, 1.54) is 6.07 Å². The van der Waals surface area contributed by atoms with E-state index in [4.69, 9.17) is 0 Å². The molecule has 0 saturated carbocycles. The summed E-state index contributed by atoms with van der Waals surface area (Å²) in [5, 5.41) is 0.517. The number of aromatic nitrogens is 1. The van der Waals surface area contributed by atoms with Gasteiger partial charge in [-0.1, -0.05) is 0 Å². The van der Waals surface area contributed by atoms with E-state index in [9.17, 15) is 18.0 Å². The summed E-state index contributed by atoms with van der Waals surface area (Å²) in [5.41, 5.74) is 0.796. The number of hydrogen-bond acceptors (Lipinski definition) is 1. The highest BCUT2D eigenvalue weighted by Gasteiger charge is 2.30. The third-order valence-electron chi connectivity index (χ3n) is 2.92. The third kappa shape index (κ3) is 2.12. The highest BCUT2D eigenvalue weighted by molar-refractivity contribution is 5.83. The molecule has 0 aliphatic heterocycles. The van der Waals surface area contributed by atoms with Crippen molar-refractivity contribution in [2.75, 3.05) is 0 Å². The lowest BCUT2D eigenvalue weighted by molar-refractivity contribution is -0.137. The molecule has 2 aromatic rings. The van der Waals surface area contributed by atoms with Gasteiger partial charge in [0.2, 0.25) is 0 Å². The van der Waals surface area contributed by atoms with E-state index in [2.05, 4.69) is 0 Å². The normalized spacial score (nSPS) is 12.0. The summed E-state index contributed by atoms with van der Waals surface area (Å²) < 4.78 is 39.6. The first-order chi connectivity index (χ1) is 8.47. The van der Waals surface area contributed by atoms with Crippen molar-refractivity contribution in [1.29, 1.82) is 0 Å². The fraction of sp³-hybridized carbons (Fsp3) is 0.308. The lowest BCUT2D eigenvalue weighted by Gasteiger charge is -2.08. The zero-order valence-electron chi connectivity index (χ0n) is 9.79. The van der Waals surface area contributed by atoms with E-state index in [0.29, 0.717) is 11.9 Å². The molecule has 0 saturated heterocycles. The summed E-state index contributed by atoms with van der Waals surface area (Å²) in [6, 6.07) is 5.29. The molecular formula is C13H12F3NO. The first-order valence-electron chi connectivity index (χ1n) is 5.60. The van der Waals surface area contributed by atoms with Gasteiger partial charge >= 0.3 is 6.18 Å². The standard InChI is InChI=1S/C13H12F3NO/c1-2-17-11(5-6-18)8-9-7-10(13(14,15)16)3-4-12(9)17/h3-4,6-8H,2,5H2,1H3. The number of nitrogens with zero attached hydrogens (tertiary/aromatic N) is 1. The predicted octanol–water partition coefficient (Wildman–Crippen LogP) is 3.42. The molecule has 0 amide bonds. The molecule has 1 heterocycles. The Labute approximate surface area is 102 Å². The van der Waals surface area contributed by atoms with E-state index in [-0.39, 0.29) is 6.42 Å². The lowest BCUT2D eigenvalue weighted by atomic mass is 10.1. The van der Waals surface area contributed by atoms with Gasteiger partial charge in [0.1, 0.15) is 6.29 Å². The number of halogens is 3. The molecule has 0 aliphatic rings. The van der Waals surface area contributed by atoms with E-state index in [1.807, 2.05) is 11.5 Å². The van der Waals surface area contributed by atoms with Gasteiger partial charge in [-0.25, -0.2) is 0 Å². The van der Waals surface area contributed by atoms with Gasteiger partial charge in [0.15, 0.2) is 0 Å². The molecule has 1 aromatic heterocycles. The van der Waals surface area contributed by atoms with Crippen LogP contribution in [0.25, 0.3) is 10.9 Å². The van der Waals surface area contributed by atoms with E-state index >= 15 is 0 Å². The molecule has 0 unspecified atom stereocenters. The molecule has 2 rings (SSSR count). The molecule has 0 radical (unpaired) electrons. The smallest absolute Gasteiger partial charge is 0.344 e. The highest BCUT2D eigenvalue weighted by atomic mass is 19.4. The molecule has 1 aromatic carbocycles. The van der Waals surface area contributed by atoms with Crippen molar-refractivity contribution in [3.05, 3.63) is 35.5 Å². The van der Waals surface area contributed by atoms with Crippen LogP contribution < -0.4 is 0 Å². The van der Waals surface area contributed by atoms with Crippen LogP contribution in [0.5, 0.6) is 0 Å². The van der Waals surface area contributed by atoms with E-state index < -0.39 is 11.7 Å². The number of fused-ring (bicyclic) bond motifs is 1. The zero-order valence-corrected chi connectivity index (χ0v) is 9.79. The highest BCUT2D eigenvalue weighted by Crippen LogP contribution is 2.32. The maximum Gasteiger partial charge on any atom is 0.416 e. The summed E-state index contributed by atoms with van der Waals surface area (Å²) in [6.07, 6.45) is -3.37. The van der Waals surface area contributed by atoms with Crippen LogP contribution in [0, 0.1) is 0 Å². The number of benzene rings is 1. The third-order valence-corrected chi connectivity index (χ3v) is 2.92. The van der Waals surface area contributed by atoms with Crippen LogP contribution in [0.2, 0.25) is 0 Å². The number of rotatable bonds is 3. The van der Waals surface area contributed by atoms with Gasteiger partial charge < -0.3 is 9.36 Å². The van der Waals surface area contributed by atoms with Crippen LogP contribution >= 0.6 is 0 Å². The minimum absolute atomic E-state index is 0.212. The van der Waals surface area contributed by atoms with Crippen molar-refractivity contribution < 1.29 is 18.0 Å². The second-order valence-corrected chi connectivity index (χ2v) is 4.02. The minimum atomic E-state index is -4.34. The monoisotopic (exact) mass is 255 g/mol. The summed E-state index contributed by atoms with van der Waals surface area (Å²) in [7, 11) is 0. The number of carbonyl (C=O) groups is 1. The topological polar surface area (TPSA) is 22.0 Å². The quantitative estimate of drug-likeness (QED) is 0.770. The summed E-state index contributed by atoms with van der Waals surface area (Å²) >= 11 is 0. The van der Waals surface area contributed by atoms with Gasteiger partial charge in [0.05, 0.1) is 5.56 Å². The van der Waals surface area contributed by atoms with Crippen LogP contribution in [0.4, 0.5) is 13.2 Å². The lowest BCUT2D eigenvalue weighted by Crippen LogP contribution is -2.04. The van der Waals surface area contributed by atoms with Gasteiger partial charge in [-0.05, 0) is 31.2 Å². The van der Waals surface area contributed by atoms with Crippen LogP contribution in [0.1, 0.15) is 18.2 Å². The van der Waals surface area contributed by atoms with Crippen molar-refractivity contribution in [3.63, 3.8) is 0 Å². The Morgan fingerprint density at radius 1 is 1.28 bits per heavy atom. The van der Waals surface area contributed by atoms with Gasteiger partial charge in [-0.15, -0.1) is 0 Å². The van der Waals surface area contributed by atoms with Crippen molar-refractivity contribution in [2.45, 2.75) is 26.1 Å². The first kappa shape index (κ1) is 12.7. The van der Waals surface area contributed by atoms with Gasteiger partial charge in [-0.2, -0.15) is 13.2 Å². The average molecular weight is 255 g/mol. The summed E-state index contributed by atoms with van der Waals surface area (Å²) in [4.78, 5) is 10.6. The first-order valence-corrected chi connectivity index (χ1v) is 5.60. The number of carbonyl (C=O) groups excluding carboxylic acids is 1. The Hall–Kier alpha value is -1.78. The van der Waals surface area contributed by atoms with Crippen LogP contribution in [-0.4, -0.2) is 10.9 Å². The van der Waals surface area contributed by atoms with Crippen molar-refractivity contribution in [1.82, 2.24) is 4.57 Å². The number of aldehydes is 1. The van der Waals surface area contributed by atoms with Crippen LogP contribution in [0.15, 0.2) is 24.3 Å². The van der Waals surface area contributed by atoms with Crippen molar-refractivity contribution in [3.8, 4) is 0 Å². The molecule has 96 valence electrons. The van der Waals surface area contributed by atoms with Crippen LogP contribution in [-0.2, 0) is 23.9 Å². The molecule has 18 heavy (non-hydrogen) atoms. The molecule has 0 spiro atoms. The van der Waals surface area contributed by atoms with Crippen LogP contribution in [0.3, 0.4) is 0 Å². The molecular weight excluding hydrogens is 243 g/mol. The Morgan fingerprint density at radius 3 is 2.56 bits per heavy atom. The Morgan fingerprint density at radius 2 is 2.00 bits per heavy atom. The Balaban J connectivity index is 2.61. The second-order valence-electron chi connectivity index (χ2n) is 4.02.